The van der Waals surface area contributed by atoms with Crippen LogP contribution in [0, 0.1) is 0 Å². The van der Waals surface area contributed by atoms with Gasteiger partial charge in [0.1, 0.15) is 25.3 Å². The maximum atomic E-state index is 10.9. The van der Waals surface area contributed by atoms with Gasteiger partial charge in [0.15, 0.2) is 0 Å². The first-order valence-corrected chi connectivity index (χ1v) is 12.3. The molecule has 0 saturated heterocycles. The van der Waals surface area contributed by atoms with Crippen molar-refractivity contribution in [1.82, 2.24) is 9.13 Å². The van der Waals surface area contributed by atoms with Crippen LogP contribution in [0.15, 0.2) is 97.1 Å². The SMILES string of the molecule is OC(C[NH2+]CC(O)Cn1c2ccccc2c2ccccc21)Cn1c2ccccc2c2ccccc21. The molecule has 176 valence electrons. The van der Waals surface area contributed by atoms with Gasteiger partial charge in [0.05, 0.1) is 13.1 Å². The Morgan fingerprint density at radius 3 is 1.09 bits per heavy atom. The molecule has 5 heteroatoms. The largest absolute Gasteiger partial charge is 0.385 e. The molecule has 6 rings (SSSR count). The number of aliphatic hydroxyl groups is 2. The molecule has 0 saturated carbocycles. The lowest BCUT2D eigenvalue weighted by atomic mass is 10.2. The molecule has 0 aliphatic rings. The first kappa shape index (κ1) is 21.9. The quantitative estimate of drug-likeness (QED) is 0.320. The Morgan fingerprint density at radius 1 is 0.486 bits per heavy atom. The fraction of sp³-hybridized carbons (Fsp3) is 0.200. The lowest BCUT2D eigenvalue weighted by Crippen LogP contribution is -2.88. The Labute approximate surface area is 203 Å². The molecule has 5 nitrogen and oxygen atoms in total. The van der Waals surface area contributed by atoms with Gasteiger partial charge in [-0.15, -0.1) is 0 Å². The number of para-hydroxylation sites is 4. The molecule has 0 spiro atoms. The predicted molar refractivity (Wildman–Crippen MR) is 143 cm³/mol. The zero-order valence-corrected chi connectivity index (χ0v) is 19.6. The van der Waals surface area contributed by atoms with Gasteiger partial charge in [-0.25, -0.2) is 0 Å². The summed E-state index contributed by atoms with van der Waals surface area (Å²) in [6.07, 6.45) is -1.04. The Morgan fingerprint density at radius 2 is 0.771 bits per heavy atom. The standard InChI is InChI=1S/C30H29N3O2/c34-21(19-32-27-13-5-1-9-23(27)24-10-2-6-14-28(24)32)17-31-18-22(35)20-33-29-15-7-3-11-25(29)26-12-4-8-16-30(26)33/h1-16,21-22,31,34-35H,17-20H2/p+1. The number of aliphatic hydroxyl groups excluding tert-OH is 2. The lowest BCUT2D eigenvalue weighted by Gasteiger charge is -2.16. The summed E-state index contributed by atoms with van der Waals surface area (Å²) >= 11 is 0. The van der Waals surface area contributed by atoms with E-state index in [1.165, 1.54) is 21.5 Å². The van der Waals surface area contributed by atoms with Gasteiger partial charge in [0, 0.05) is 43.6 Å². The second-order valence-corrected chi connectivity index (χ2v) is 9.36. The molecule has 35 heavy (non-hydrogen) atoms. The van der Waals surface area contributed by atoms with E-state index in [4.69, 9.17) is 0 Å². The van der Waals surface area contributed by atoms with Gasteiger partial charge in [-0.05, 0) is 24.3 Å². The second kappa shape index (κ2) is 9.19. The van der Waals surface area contributed by atoms with Crippen molar-refractivity contribution in [3.63, 3.8) is 0 Å². The van der Waals surface area contributed by atoms with Gasteiger partial charge < -0.3 is 24.7 Å². The predicted octanol–water partition coefficient (Wildman–Crippen LogP) is 3.89. The van der Waals surface area contributed by atoms with E-state index in [-0.39, 0.29) is 0 Å². The second-order valence-electron chi connectivity index (χ2n) is 9.36. The van der Waals surface area contributed by atoms with E-state index >= 15 is 0 Å². The van der Waals surface area contributed by atoms with E-state index in [1.807, 2.05) is 29.6 Å². The molecule has 2 heterocycles. The smallest absolute Gasteiger partial charge is 0.121 e. The molecule has 0 amide bonds. The minimum atomic E-state index is -0.519. The first-order chi connectivity index (χ1) is 17.2. The summed E-state index contributed by atoms with van der Waals surface area (Å²) < 4.78 is 4.41. The third kappa shape index (κ3) is 3.98. The monoisotopic (exact) mass is 464 g/mol. The van der Waals surface area contributed by atoms with Crippen molar-refractivity contribution < 1.29 is 15.5 Å². The summed E-state index contributed by atoms with van der Waals surface area (Å²) in [4.78, 5) is 0. The van der Waals surface area contributed by atoms with E-state index in [0.29, 0.717) is 26.2 Å². The van der Waals surface area contributed by atoms with Crippen LogP contribution < -0.4 is 5.32 Å². The summed E-state index contributed by atoms with van der Waals surface area (Å²) in [5, 5.41) is 28.6. The summed E-state index contributed by atoms with van der Waals surface area (Å²) in [5.41, 5.74) is 4.55. The highest BCUT2D eigenvalue weighted by molar-refractivity contribution is 6.08. The van der Waals surface area contributed by atoms with Gasteiger partial charge in [0.2, 0.25) is 0 Å². The van der Waals surface area contributed by atoms with Gasteiger partial charge in [0.25, 0.3) is 0 Å². The van der Waals surface area contributed by atoms with Gasteiger partial charge in [-0.2, -0.15) is 0 Å². The molecule has 0 bridgehead atoms. The topological polar surface area (TPSA) is 66.9 Å². The molecule has 0 fully saturated rings. The molecule has 0 aliphatic carbocycles. The minimum absolute atomic E-state index is 0.519. The van der Waals surface area contributed by atoms with Crippen molar-refractivity contribution in [2.75, 3.05) is 13.1 Å². The highest BCUT2D eigenvalue weighted by atomic mass is 16.3. The van der Waals surface area contributed by atoms with Crippen LogP contribution in [0.4, 0.5) is 0 Å². The number of hydrogen-bond donors (Lipinski definition) is 3. The molecule has 4 aromatic carbocycles. The van der Waals surface area contributed by atoms with E-state index < -0.39 is 12.2 Å². The van der Waals surface area contributed by atoms with Crippen LogP contribution in [0.5, 0.6) is 0 Å². The summed E-state index contributed by atoms with van der Waals surface area (Å²) in [7, 11) is 0. The molecule has 0 radical (unpaired) electrons. The van der Waals surface area contributed by atoms with Crippen LogP contribution >= 0.6 is 0 Å². The van der Waals surface area contributed by atoms with Crippen LogP contribution in [-0.4, -0.2) is 44.6 Å². The number of hydrogen-bond acceptors (Lipinski definition) is 2. The van der Waals surface area contributed by atoms with Crippen LogP contribution in [0.2, 0.25) is 0 Å². The molecule has 0 aliphatic heterocycles. The Hall–Kier alpha value is -3.64. The fourth-order valence-corrected chi connectivity index (χ4v) is 5.45. The molecule has 2 atom stereocenters. The van der Waals surface area contributed by atoms with Crippen molar-refractivity contribution in [2.24, 2.45) is 0 Å². The zero-order chi connectivity index (χ0) is 23.8. The van der Waals surface area contributed by atoms with Crippen LogP contribution in [-0.2, 0) is 13.1 Å². The van der Waals surface area contributed by atoms with Crippen LogP contribution in [0.1, 0.15) is 0 Å². The number of fused-ring (bicyclic) bond motifs is 6. The fourth-order valence-electron chi connectivity index (χ4n) is 5.45. The Balaban J connectivity index is 1.13. The molecular formula is C30H30N3O2+. The summed E-state index contributed by atoms with van der Waals surface area (Å²) in [5.74, 6) is 0. The van der Waals surface area contributed by atoms with Gasteiger partial charge in [-0.1, -0.05) is 72.8 Å². The first-order valence-electron chi connectivity index (χ1n) is 12.3. The zero-order valence-electron chi connectivity index (χ0n) is 19.6. The molecular weight excluding hydrogens is 434 g/mol. The van der Waals surface area contributed by atoms with Crippen molar-refractivity contribution in [3.05, 3.63) is 97.1 Å². The minimum Gasteiger partial charge on any atom is -0.385 e. The average molecular weight is 465 g/mol. The maximum absolute atomic E-state index is 10.9. The average Bonchev–Trinajstić information content (AvgIpc) is 3.38. The third-order valence-electron chi connectivity index (χ3n) is 7.02. The van der Waals surface area contributed by atoms with Gasteiger partial charge >= 0.3 is 0 Å². The van der Waals surface area contributed by atoms with E-state index in [9.17, 15) is 10.2 Å². The van der Waals surface area contributed by atoms with Crippen molar-refractivity contribution in [3.8, 4) is 0 Å². The third-order valence-corrected chi connectivity index (χ3v) is 7.02. The molecule has 2 aromatic heterocycles. The number of rotatable bonds is 8. The number of nitrogens with two attached hydrogens (primary N) is 1. The van der Waals surface area contributed by atoms with Crippen LogP contribution in [0.3, 0.4) is 0 Å². The Kier molecular flexibility index (Phi) is 5.74. The highest BCUT2D eigenvalue weighted by Crippen LogP contribution is 2.30. The van der Waals surface area contributed by atoms with Gasteiger partial charge in [-0.3, -0.25) is 0 Å². The Bertz CT molecular complexity index is 1400. The summed E-state index contributed by atoms with van der Waals surface area (Å²) in [6, 6.07) is 33.4. The number of aromatic nitrogens is 2. The number of quaternary nitrogens is 1. The maximum Gasteiger partial charge on any atom is 0.121 e. The van der Waals surface area contributed by atoms with E-state index in [2.05, 4.69) is 81.9 Å². The van der Waals surface area contributed by atoms with Crippen molar-refractivity contribution in [1.29, 1.82) is 0 Å². The van der Waals surface area contributed by atoms with Crippen molar-refractivity contribution in [2.45, 2.75) is 25.3 Å². The van der Waals surface area contributed by atoms with E-state index in [0.717, 1.165) is 22.1 Å². The van der Waals surface area contributed by atoms with E-state index in [1.54, 1.807) is 0 Å². The molecule has 2 unspecified atom stereocenters. The number of benzene rings is 4. The summed E-state index contributed by atoms with van der Waals surface area (Å²) in [6.45, 7) is 2.11. The molecule has 6 aromatic rings. The lowest BCUT2D eigenvalue weighted by molar-refractivity contribution is -0.667. The van der Waals surface area contributed by atoms with Crippen molar-refractivity contribution >= 4 is 43.6 Å². The number of nitrogens with zero attached hydrogens (tertiary/aromatic N) is 2. The highest BCUT2D eigenvalue weighted by Gasteiger charge is 2.17. The van der Waals surface area contributed by atoms with Crippen LogP contribution in [0.25, 0.3) is 43.6 Å². The molecule has 4 N–H and O–H groups in total. The normalized spacial score (nSPS) is 13.8.